The number of rotatable bonds is 19. The van der Waals surface area contributed by atoms with E-state index < -0.39 is 57.2 Å². The van der Waals surface area contributed by atoms with Gasteiger partial charge in [-0.3, -0.25) is 0 Å². The molecule has 1 aliphatic heterocycles. The Bertz CT molecular complexity index is 3640. The maximum atomic E-state index is 15.8. The van der Waals surface area contributed by atoms with Crippen LogP contribution >= 0.6 is 0 Å². The summed E-state index contributed by atoms with van der Waals surface area (Å²) >= 11 is 0. The molecule has 0 saturated carbocycles. The first-order valence-corrected chi connectivity index (χ1v) is 28.9. The van der Waals surface area contributed by atoms with Gasteiger partial charge in [-0.25, -0.2) is 21.8 Å². The van der Waals surface area contributed by atoms with Gasteiger partial charge in [0.2, 0.25) is 0 Å². The number of nitrogens with zero attached hydrogens (tertiary/aromatic N) is 1. The van der Waals surface area contributed by atoms with Crippen molar-refractivity contribution < 1.29 is 60.2 Å². The van der Waals surface area contributed by atoms with E-state index in [9.17, 15) is 25.3 Å². The van der Waals surface area contributed by atoms with E-state index >= 15 is 26.3 Å². The van der Waals surface area contributed by atoms with Gasteiger partial charge in [0.1, 0.15) is 17.1 Å². The van der Waals surface area contributed by atoms with E-state index in [0.29, 0.717) is 27.2 Å². The molecule has 11 nitrogen and oxygen atoms in total. The van der Waals surface area contributed by atoms with E-state index in [4.69, 9.17) is 9.41 Å². The average molecular weight is 1110 g/mol. The quantitative estimate of drug-likeness (QED) is 0.0456. The number of nitrogens with one attached hydrogen (secondary N) is 2. The van der Waals surface area contributed by atoms with E-state index in [-0.39, 0.29) is 63.0 Å². The molecular weight excluding hydrogens is 1050 g/mol. The van der Waals surface area contributed by atoms with Crippen LogP contribution in [0.3, 0.4) is 0 Å². The molecule has 406 valence electrons. The fourth-order valence-electron chi connectivity index (χ4n) is 8.84. The minimum absolute atomic E-state index is 0.0349. The number of anilines is 2. The van der Waals surface area contributed by atoms with Gasteiger partial charge in [0.15, 0.2) is 0 Å². The zero-order valence-electron chi connectivity index (χ0n) is 43.3. The van der Waals surface area contributed by atoms with E-state index in [0.717, 1.165) is 57.9 Å². The summed E-state index contributed by atoms with van der Waals surface area (Å²) in [5, 5.41) is -9.96. The minimum Gasteiger partial charge on any atom is -0.456 e. The van der Waals surface area contributed by atoms with Crippen LogP contribution in [-0.2, 0) is 30.2 Å². The zero-order valence-corrected chi connectivity index (χ0v) is 45.8. The first-order chi connectivity index (χ1) is 35.4. The molecule has 0 aromatic heterocycles. The van der Waals surface area contributed by atoms with Crippen LogP contribution in [-0.4, -0.2) is 41.7 Å². The average Bonchev–Trinajstić information content (AvgIpc) is 3.34. The molecule has 0 spiro atoms. The first-order valence-electron chi connectivity index (χ1n) is 24.5. The van der Waals surface area contributed by atoms with E-state index in [2.05, 4.69) is 9.50 Å². The lowest BCUT2D eigenvalue weighted by molar-refractivity contribution is -0.245. The lowest BCUT2D eigenvalue weighted by atomic mass is 9.92. The van der Waals surface area contributed by atoms with Crippen molar-refractivity contribution in [1.29, 1.82) is 0 Å². The van der Waals surface area contributed by atoms with Crippen LogP contribution in [0, 0.1) is 0 Å². The molecule has 0 fully saturated rings. The SMILES string of the molecule is CCC(C)c1ccc(OS(=O)(=O)C(F)(F)C(F)(F)C(F)(F)S(=O)(=O)NS(=O)(=O)c2ccccc2-c2c3ccc(=Nc4c(C(C)C)cccc4C(C)C)cc-3oc3cc(Nc4c(C(C)C)cccc4C(C)C)ccc23)cc1. The summed E-state index contributed by atoms with van der Waals surface area (Å²) < 4.78 is 185. The number of alkyl halides is 6. The number of hydrogen-bond acceptors (Lipinski definition) is 10. The topological polar surface area (TPSA) is 161 Å². The third kappa shape index (κ3) is 10.7. The second kappa shape index (κ2) is 21.3. The Morgan fingerprint density at radius 2 is 1.16 bits per heavy atom. The number of halogens is 6. The summed E-state index contributed by atoms with van der Waals surface area (Å²) in [5.41, 5.74) is 6.64. The molecule has 0 bridgehead atoms. The molecule has 5 aromatic rings. The highest BCUT2D eigenvalue weighted by Gasteiger charge is 2.83. The molecule has 1 unspecified atom stereocenters. The number of sulfonamides is 2. The van der Waals surface area contributed by atoms with Crippen LogP contribution in [0.15, 0.2) is 136 Å². The maximum Gasteiger partial charge on any atom is 0.450 e. The van der Waals surface area contributed by atoms with Crippen molar-refractivity contribution in [2.75, 3.05) is 5.32 Å². The summed E-state index contributed by atoms with van der Waals surface area (Å²) in [6, 6.07) is 30.1. The van der Waals surface area contributed by atoms with Crippen molar-refractivity contribution in [2.45, 2.75) is 127 Å². The Labute approximate surface area is 440 Å². The number of fused-ring (bicyclic) bond motifs is 2. The van der Waals surface area contributed by atoms with Gasteiger partial charge < -0.3 is 13.9 Å². The molecule has 5 aromatic carbocycles. The summed E-state index contributed by atoms with van der Waals surface area (Å²) in [7, 11) is -20.6. The molecule has 76 heavy (non-hydrogen) atoms. The van der Waals surface area contributed by atoms with Crippen molar-refractivity contribution >= 4 is 58.2 Å². The van der Waals surface area contributed by atoms with Crippen molar-refractivity contribution in [3.05, 3.63) is 155 Å². The largest absolute Gasteiger partial charge is 0.456 e. The highest BCUT2D eigenvalue weighted by molar-refractivity contribution is 8.05. The second-order valence-electron chi connectivity index (χ2n) is 19.9. The van der Waals surface area contributed by atoms with Gasteiger partial charge in [-0.2, -0.15) is 34.8 Å². The fourth-order valence-corrected chi connectivity index (χ4v) is 12.9. The lowest BCUT2D eigenvalue weighted by Gasteiger charge is -2.31. The maximum absolute atomic E-state index is 15.8. The van der Waals surface area contributed by atoms with Gasteiger partial charge in [-0.1, -0.05) is 140 Å². The predicted octanol–water partition coefficient (Wildman–Crippen LogP) is 15.0. The highest BCUT2D eigenvalue weighted by atomic mass is 32.3. The summed E-state index contributed by atoms with van der Waals surface area (Å²) in [4.78, 5) is 3.99. The molecule has 2 N–H and O–H groups in total. The van der Waals surface area contributed by atoms with Crippen molar-refractivity contribution in [3.8, 4) is 28.2 Å². The summed E-state index contributed by atoms with van der Waals surface area (Å²) in [5.74, 6) is -7.97. The molecule has 2 aliphatic rings. The monoisotopic (exact) mass is 1110 g/mol. The van der Waals surface area contributed by atoms with Gasteiger partial charge in [0.25, 0.3) is 20.0 Å². The standard InChI is InChI=1S/C56H59F6N3O8S3/c1-11-36(10)37-22-26-40(27-23-37)73-76(70,71)56(61,62)54(57,58)55(59,60)75(68,69)65-74(66,67)50-21-13-12-16-47(50)51-45-28-24-38(63-52-41(32(2)3)17-14-18-42(52)33(4)5)30-48(45)72-49-31-39(25-29-46(49)51)64-53-43(34(6)7)19-15-20-44(53)35(8)9/h12-36,63,65H,11H2,1-10H3. The van der Waals surface area contributed by atoms with Crippen LogP contribution in [0.5, 0.6) is 5.75 Å². The van der Waals surface area contributed by atoms with Crippen LogP contribution in [0.25, 0.3) is 33.4 Å². The Kier molecular flexibility index (Phi) is 16.1. The van der Waals surface area contributed by atoms with Gasteiger partial charge >= 0.3 is 26.5 Å². The fraction of sp³-hybridized carbons (Fsp3) is 0.339. The third-order valence-electron chi connectivity index (χ3n) is 13.2. The number of para-hydroxylation sites is 2. The Balaban J connectivity index is 1.37. The van der Waals surface area contributed by atoms with Crippen molar-refractivity contribution in [1.82, 2.24) is 4.13 Å². The van der Waals surface area contributed by atoms with Gasteiger partial charge in [-0.05, 0) is 106 Å². The zero-order chi connectivity index (χ0) is 56.1. The van der Waals surface area contributed by atoms with Crippen molar-refractivity contribution in [3.63, 3.8) is 0 Å². The normalized spacial score (nSPS) is 13.9. The lowest BCUT2D eigenvalue weighted by Crippen LogP contribution is -2.63. The second-order valence-corrected chi connectivity index (χ2v) is 25.2. The molecule has 7 rings (SSSR count). The van der Waals surface area contributed by atoms with Crippen LogP contribution in [0.2, 0.25) is 0 Å². The highest BCUT2D eigenvalue weighted by Crippen LogP contribution is 2.52. The van der Waals surface area contributed by atoms with Gasteiger partial charge in [0, 0.05) is 45.6 Å². The van der Waals surface area contributed by atoms with E-state index in [1.165, 1.54) is 24.3 Å². The van der Waals surface area contributed by atoms with E-state index in [1.807, 2.05) is 98.7 Å². The Hall–Kier alpha value is -6.22. The van der Waals surface area contributed by atoms with Crippen LogP contribution in [0.4, 0.5) is 43.4 Å². The number of hydrogen-bond donors (Lipinski definition) is 2. The molecule has 1 aliphatic carbocycles. The third-order valence-corrected chi connectivity index (χ3v) is 18.2. The number of benzene rings is 6. The molecule has 20 heteroatoms. The molecule has 0 amide bonds. The summed E-state index contributed by atoms with van der Waals surface area (Å²) in [6.45, 7) is 19.9. The minimum atomic E-state index is -7.51. The molecule has 1 atom stereocenters. The first kappa shape index (κ1) is 57.5. The van der Waals surface area contributed by atoms with Crippen LogP contribution < -0.4 is 19.0 Å². The smallest absolute Gasteiger partial charge is 0.450 e. The molecule has 0 saturated heterocycles. The van der Waals surface area contributed by atoms with Crippen molar-refractivity contribution in [2.24, 2.45) is 4.99 Å². The Morgan fingerprint density at radius 3 is 1.71 bits per heavy atom. The molecular formula is C56H59F6N3O8S3. The molecule has 0 radical (unpaired) electrons. The van der Waals surface area contributed by atoms with Gasteiger partial charge in [0.05, 0.1) is 15.9 Å². The molecule has 1 heterocycles. The van der Waals surface area contributed by atoms with Gasteiger partial charge in [-0.15, -0.1) is 0 Å². The van der Waals surface area contributed by atoms with E-state index in [1.54, 1.807) is 43.3 Å². The van der Waals surface area contributed by atoms with Crippen LogP contribution in [0.1, 0.15) is 133 Å². The predicted molar refractivity (Wildman–Crippen MR) is 285 cm³/mol. The Morgan fingerprint density at radius 1 is 0.605 bits per heavy atom. The summed E-state index contributed by atoms with van der Waals surface area (Å²) in [6.07, 6.45) is 0.594.